The molecule has 17 heavy (non-hydrogen) atoms. The van der Waals surface area contributed by atoms with E-state index in [2.05, 4.69) is 0 Å². The minimum absolute atomic E-state index is 0.0951. The molecule has 0 aliphatic carbocycles. The van der Waals surface area contributed by atoms with E-state index < -0.39 is 11.8 Å². The van der Waals surface area contributed by atoms with E-state index in [9.17, 15) is 14.4 Å². The molecule has 0 unspecified atom stereocenters. The molecule has 0 saturated carbocycles. The van der Waals surface area contributed by atoms with Crippen molar-refractivity contribution in [2.45, 2.75) is 6.92 Å². The average molecular weight is 235 g/mol. The fraction of sp³-hybridized carbons (Fsp3) is 0.100. The highest BCUT2D eigenvalue weighted by Crippen LogP contribution is 2.14. The van der Waals surface area contributed by atoms with E-state index in [-0.39, 0.29) is 16.8 Å². The maximum Gasteiger partial charge on any atom is 0.420 e. The molecule has 88 valence electrons. The molecule has 0 saturated heterocycles. The van der Waals surface area contributed by atoms with Gasteiger partial charge in [-0.1, -0.05) is 0 Å². The van der Waals surface area contributed by atoms with Crippen LogP contribution in [0.4, 0.5) is 4.79 Å². The number of benzene rings is 1. The van der Waals surface area contributed by atoms with Gasteiger partial charge in [-0.05, 0) is 25.1 Å². The Hall–Kier alpha value is -2.57. The van der Waals surface area contributed by atoms with Crippen molar-refractivity contribution < 1.29 is 14.7 Å². The normalized spacial score (nSPS) is 10.6. The van der Waals surface area contributed by atoms with Crippen LogP contribution in [0.3, 0.4) is 0 Å². The highest BCUT2D eigenvalue weighted by molar-refractivity contribution is 5.98. The second kappa shape index (κ2) is 3.48. The van der Waals surface area contributed by atoms with Crippen molar-refractivity contribution in [2.75, 3.05) is 5.84 Å². The molecule has 0 aliphatic rings. The van der Waals surface area contributed by atoms with E-state index in [1.54, 1.807) is 0 Å². The van der Waals surface area contributed by atoms with E-state index in [0.717, 1.165) is 4.68 Å². The molecule has 2 aromatic rings. The van der Waals surface area contributed by atoms with E-state index in [1.807, 2.05) is 0 Å². The molecule has 0 bridgehead atoms. The Bertz CT molecular complexity index is 695. The summed E-state index contributed by atoms with van der Waals surface area (Å²) in [7, 11) is 0. The maximum absolute atomic E-state index is 11.5. The summed E-state index contributed by atoms with van der Waals surface area (Å²) >= 11 is 0. The van der Waals surface area contributed by atoms with Gasteiger partial charge in [0.15, 0.2) is 5.78 Å². The largest absolute Gasteiger partial charge is 0.464 e. The summed E-state index contributed by atoms with van der Waals surface area (Å²) in [6.07, 6.45) is -1.44. The first-order valence-corrected chi connectivity index (χ1v) is 4.70. The monoisotopic (exact) mass is 235 g/mol. The van der Waals surface area contributed by atoms with Crippen LogP contribution in [-0.2, 0) is 0 Å². The van der Waals surface area contributed by atoms with Gasteiger partial charge >= 0.3 is 11.8 Å². The molecule has 3 N–H and O–H groups in total. The number of nitrogen functional groups attached to an aromatic ring is 1. The number of nitrogens with two attached hydrogens (primary N) is 1. The Morgan fingerprint density at radius 2 is 1.94 bits per heavy atom. The Balaban J connectivity index is 2.93. The highest BCUT2D eigenvalue weighted by Gasteiger charge is 2.17. The lowest BCUT2D eigenvalue weighted by Crippen LogP contribution is -2.32. The number of hydrogen-bond acceptors (Lipinski definition) is 4. The van der Waals surface area contributed by atoms with E-state index in [4.69, 9.17) is 10.9 Å². The van der Waals surface area contributed by atoms with Crippen molar-refractivity contribution in [2.24, 2.45) is 0 Å². The van der Waals surface area contributed by atoms with Crippen LogP contribution in [0.1, 0.15) is 17.3 Å². The third-order valence-electron chi connectivity index (χ3n) is 2.47. The predicted octanol–water partition coefficient (Wildman–Crippen LogP) is 0.245. The first-order valence-electron chi connectivity index (χ1n) is 4.70. The van der Waals surface area contributed by atoms with Gasteiger partial charge in [-0.25, -0.2) is 14.3 Å². The number of nitrogens with zero attached hydrogens (tertiary/aromatic N) is 2. The fourth-order valence-electron chi connectivity index (χ4n) is 1.62. The van der Waals surface area contributed by atoms with Gasteiger partial charge in [0.2, 0.25) is 0 Å². The van der Waals surface area contributed by atoms with Crippen LogP contribution in [0.25, 0.3) is 11.0 Å². The van der Waals surface area contributed by atoms with Crippen LogP contribution in [0.2, 0.25) is 0 Å². The SMILES string of the molecule is CC(=O)c1ccc2c(c1)n(C(=O)O)c(=O)n2N. The summed E-state index contributed by atoms with van der Waals surface area (Å²) in [6, 6.07) is 4.25. The molecule has 1 aromatic heterocycles. The molecule has 0 fully saturated rings. The van der Waals surface area contributed by atoms with Crippen LogP contribution >= 0.6 is 0 Å². The number of rotatable bonds is 1. The quantitative estimate of drug-likeness (QED) is 0.544. The lowest BCUT2D eigenvalue weighted by Gasteiger charge is -1.98. The number of Topliss-reactive ketones (excluding diaryl/α,β-unsaturated/α-hetero) is 1. The van der Waals surface area contributed by atoms with Gasteiger partial charge in [-0.15, -0.1) is 0 Å². The summed E-state index contributed by atoms with van der Waals surface area (Å²) in [6.45, 7) is 1.35. The predicted molar refractivity (Wildman–Crippen MR) is 59.8 cm³/mol. The lowest BCUT2D eigenvalue weighted by atomic mass is 10.1. The number of carbonyl (C=O) groups is 2. The van der Waals surface area contributed by atoms with Crippen molar-refractivity contribution in [1.29, 1.82) is 0 Å². The van der Waals surface area contributed by atoms with Gasteiger partial charge in [0, 0.05) is 5.56 Å². The highest BCUT2D eigenvalue weighted by atomic mass is 16.4. The number of hydrogen-bond donors (Lipinski definition) is 2. The average Bonchev–Trinajstić information content (AvgIpc) is 2.51. The summed E-state index contributed by atoms with van der Waals surface area (Å²) in [5.74, 6) is 5.22. The molecule has 1 aromatic carbocycles. The van der Waals surface area contributed by atoms with Crippen LogP contribution in [0.15, 0.2) is 23.0 Å². The number of fused-ring (bicyclic) bond motifs is 1. The molecule has 0 aliphatic heterocycles. The minimum atomic E-state index is -1.44. The zero-order valence-corrected chi connectivity index (χ0v) is 8.88. The lowest BCUT2D eigenvalue weighted by molar-refractivity contribution is 0.101. The topological polar surface area (TPSA) is 107 Å². The number of imidazole rings is 1. The van der Waals surface area contributed by atoms with Gasteiger partial charge in [0.1, 0.15) is 0 Å². The van der Waals surface area contributed by atoms with Crippen molar-refractivity contribution in [3.05, 3.63) is 34.2 Å². The first kappa shape index (κ1) is 10.9. The van der Waals surface area contributed by atoms with E-state index in [1.165, 1.54) is 25.1 Å². The van der Waals surface area contributed by atoms with Crippen LogP contribution in [0.5, 0.6) is 0 Å². The molecule has 0 atom stereocenters. The Morgan fingerprint density at radius 3 is 2.47 bits per heavy atom. The van der Waals surface area contributed by atoms with Crippen molar-refractivity contribution >= 4 is 22.9 Å². The zero-order chi connectivity index (χ0) is 12.7. The number of carboxylic acid groups (broad SMARTS) is 1. The third kappa shape index (κ3) is 1.48. The van der Waals surface area contributed by atoms with Gasteiger partial charge in [0.25, 0.3) is 0 Å². The molecular weight excluding hydrogens is 226 g/mol. The van der Waals surface area contributed by atoms with Crippen LogP contribution < -0.4 is 11.5 Å². The second-order valence-electron chi connectivity index (χ2n) is 3.53. The second-order valence-corrected chi connectivity index (χ2v) is 3.53. The standard InChI is InChI=1S/C10H9N3O4/c1-5(14)6-2-3-7-8(4-6)12(10(16)17)9(15)13(7)11/h2-4H,11H2,1H3,(H,16,17). The summed E-state index contributed by atoms with van der Waals surface area (Å²) in [4.78, 5) is 33.7. The fourth-order valence-corrected chi connectivity index (χ4v) is 1.62. The minimum Gasteiger partial charge on any atom is -0.464 e. The number of carbonyl (C=O) groups excluding carboxylic acids is 1. The molecule has 7 nitrogen and oxygen atoms in total. The van der Waals surface area contributed by atoms with Crippen molar-refractivity contribution in [1.82, 2.24) is 9.24 Å². The molecule has 7 heteroatoms. The summed E-state index contributed by atoms with van der Waals surface area (Å²) < 4.78 is 1.23. The maximum atomic E-state index is 11.5. The van der Waals surface area contributed by atoms with Gasteiger partial charge < -0.3 is 10.9 Å². The Morgan fingerprint density at radius 1 is 1.29 bits per heavy atom. The van der Waals surface area contributed by atoms with Crippen molar-refractivity contribution in [3.63, 3.8) is 0 Å². The van der Waals surface area contributed by atoms with Gasteiger partial charge in [-0.3, -0.25) is 4.79 Å². The Kier molecular flexibility index (Phi) is 2.24. The number of aromatic nitrogens is 2. The third-order valence-corrected chi connectivity index (χ3v) is 2.47. The van der Waals surface area contributed by atoms with Gasteiger partial charge in [-0.2, -0.15) is 4.57 Å². The van der Waals surface area contributed by atoms with E-state index >= 15 is 0 Å². The van der Waals surface area contributed by atoms with Crippen LogP contribution in [-0.4, -0.2) is 26.2 Å². The smallest absolute Gasteiger partial charge is 0.420 e. The van der Waals surface area contributed by atoms with E-state index in [0.29, 0.717) is 10.1 Å². The summed E-state index contributed by atoms with van der Waals surface area (Å²) in [5.41, 5.74) is -0.202. The van der Waals surface area contributed by atoms with Gasteiger partial charge in [0.05, 0.1) is 11.0 Å². The molecule has 1 heterocycles. The molecule has 0 spiro atoms. The Labute approximate surface area is 94.6 Å². The number of ketones is 1. The molecule has 0 radical (unpaired) electrons. The molecule has 0 amide bonds. The first-order chi connectivity index (χ1) is 7.93. The van der Waals surface area contributed by atoms with Crippen molar-refractivity contribution in [3.8, 4) is 0 Å². The summed E-state index contributed by atoms with van der Waals surface area (Å²) in [5, 5.41) is 8.92. The zero-order valence-electron chi connectivity index (χ0n) is 8.88. The van der Waals surface area contributed by atoms with Crippen LogP contribution in [0, 0.1) is 0 Å². The molecule has 2 rings (SSSR count). The molecular formula is C10H9N3O4.